The van der Waals surface area contributed by atoms with Gasteiger partial charge in [0.2, 0.25) is 0 Å². The second kappa shape index (κ2) is 6.61. The molecule has 0 N–H and O–H groups in total. The minimum Gasteiger partial charge on any atom is -0.254 e. The van der Waals surface area contributed by atoms with Gasteiger partial charge in [-0.15, -0.1) is 0 Å². The van der Waals surface area contributed by atoms with Crippen LogP contribution >= 0.6 is 0 Å². The van der Waals surface area contributed by atoms with Crippen molar-refractivity contribution in [2.75, 3.05) is 17.8 Å². The average Bonchev–Trinajstić information content (AvgIpc) is 2.31. The minimum absolute atomic E-state index is 0.0840. The first kappa shape index (κ1) is 18.4. The van der Waals surface area contributed by atoms with Crippen molar-refractivity contribution in [1.29, 1.82) is 0 Å². The van der Waals surface area contributed by atoms with Crippen LogP contribution in [0.1, 0.15) is 34.7 Å². The van der Waals surface area contributed by atoms with Gasteiger partial charge in [0.1, 0.15) is 9.84 Å². The monoisotopic (exact) mass is 330 g/mol. The van der Waals surface area contributed by atoms with Crippen LogP contribution in [0, 0.1) is 40.5 Å². The number of sulfone groups is 1. The third kappa shape index (κ3) is 4.39. The topological polar surface area (TPSA) is 51.2 Å². The zero-order chi connectivity index (χ0) is 16.5. The molecule has 0 aliphatic rings. The second-order valence-corrected chi connectivity index (χ2v) is 9.78. The van der Waals surface area contributed by atoms with Crippen LogP contribution in [-0.4, -0.2) is 30.4 Å². The molecule has 0 radical (unpaired) electrons. The third-order valence-electron chi connectivity index (χ3n) is 4.18. The van der Waals surface area contributed by atoms with E-state index >= 15 is 0 Å². The molecule has 0 aromatic heterocycles. The fourth-order valence-corrected chi connectivity index (χ4v) is 5.81. The molecule has 1 rings (SSSR count). The van der Waals surface area contributed by atoms with Gasteiger partial charge in [0.05, 0.1) is 16.6 Å². The van der Waals surface area contributed by atoms with Crippen LogP contribution in [0.3, 0.4) is 0 Å². The average molecular weight is 331 g/mol. The largest absolute Gasteiger partial charge is 0.254 e. The number of rotatable bonds is 5. The molecule has 0 heterocycles. The van der Waals surface area contributed by atoms with Crippen LogP contribution in [0.4, 0.5) is 0 Å². The molecular weight excluding hydrogens is 304 g/mol. The second-order valence-electron chi connectivity index (χ2n) is 6.16. The van der Waals surface area contributed by atoms with Gasteiger partial charge in [-0.25, -0.2) is 8.42 Å². The Kier molecular flexibility index (Phi) is 5.78. The van der Waals surface area contributed by atoms with Crippen molar-refractivity contribution in [2.24, 2.45) is 5.92 Å². The van der Waals surface area contributed by atoms with Crippen LogP contribution in [0.2, 0.25) is 0 Å². The molecule has 2 atom stereocenters. The van der Waals surface area contributed by atoms with Crippen molar-refractivity contribution in [2.45, 2.75) is 46.4 Å². The Labute approximate surface area is 131 Å². The Morgan fingerprint density at radius 1 is 0.905 bits per heavy atom. The highest BCUT2D eigenvalue weighted by molar-refractivity contribution is 7.90. The molecule has 0 saturated carbocycles. The molecular formula is C16H26O3S2. The molecule has 120 valence electrons. The first-order valence-electron chi connectivity index (χ1n) is 7.08. The summed E-state index contributed by atoms with van der Waals surface area (Å²) in [5.74, 6) is 0.360. The highest BCUT2D eigenvalue weighted by Crippen LogP contribution is 2.29. The Balaban J connectivity index is 3.15. The van der Waals surface area contributed by atoms with E-state index in [1.807, 2.05) is 20.8 Å². The molecule has 0 amide bonds. The van der Waals surface area contributed by atoms with Gasteiger partial charge in [-0.1, -0.05) is 6.92 Å². The molecule has 1 aromatic rings. The van der Waals surface area contributed by atoms with E-state index in [-0.39, 0.29) is 11.7 Å². The molecule has 0 saturated heterocycles. The van der Waals surface area contributed by atoms with E-state index in [4.69, 9.17) is 0 Å². The van der Waals surface area contributed by atoms with Gasteiger partial charge in [-0.2, -0.15) is 0 Å². The van der Waals surface area contributed by atoms with Crippen molar-refractivity contribution in [1.82, 2.24) is 0 Å². The van der Waals surface area contributed by atoms with E-state index in [0.717, 1.165) is 16.0 Å². The summed E-state index contributed by atoms with van der Waals surface area (Å²) in [6.45, 7) is 12.0. The summed E-state index contributed by atoms with van der Waals surface area (Å²) in [6.07, 6.45) is 1.23. The van der Waals surface area contributed by atoms with Crippen LogP contribution < -0.4 is 0 Å². The first-order chi connectivity index (χ1) is 9.45. The fourth-order valence-electron chi connectivity index (χ4n) is 2.71. The number of hydrogen-bond acceptors (Lipinski definition) is 3. The Bertz CT molecular complexity index is 644. The Morgan fingerprint density at radius 3 is 1.67 bits per heavy atom. The fraction of sp³-hybridized carbons (Fsp3) is 0.625. The first-order valence-corrected chi connectivity index (χ1v) is 10.5. The van der Waals surface area contributed by atoms with Crippen LogP contribution in [0.15, 0.2) is 4.90 Å². The standard InChI is InChI=1S/C16H26O3S2/c1-10(9-21(7,18)19)8-20(17)16-14(5)12(3)11(2)13(4)15(16)6/h10H,8-9H2,1-7H3/t10-,20+/m1/s1. The molecule has 21 heavy (non-hydrogen) atoms. The lowest BCUT2D eigenvalue weighted by Gasteiger charge is -2.19. The summed E-state index contributed by atoms with van der Waals surface area (Å²) in [5, 5.41) is 0. The van der Waals surface area contributed by atoms with Gasteiger partial charge in [-0.05, 0) is 68.4 Å². The SMILES string of the molecule is Cc1c(C)c(C)c([S@@](=O)C[C@@H](C)CS(C)(=O)=O)c(C)c1C. The van der Waals surface area contributed by atoms with Crippen molar-refractivity contribution in [3.63, 3.8) is 0 Å². The molecule has 0 spiro atoms. The van der Waals surface area contributed by atoms with E-state index in [1.54, 1.807) is 0 Å². The highest BCUT2D eigenvalue weighted by atomic mass is 32.2. The Hall–Kier alpha value is -0.680. The molecule has 0 aliphatic heterocycles. The van der Waals surface area contributed by atoms with E-state index in [0.29, 0.717) is 5.75 Å². The summed E-state index contributed by atoms with van der Waals surface area (Å²) in [6, 6.07) is 0. The molecule has 0 fully saturated rings. The van der Waals surface area contributed by atoms with Crippen LogP contribution in [-0.2, 0) is 20.6 Å². The van der Waals surface area contributed by atoms with E-state index in [1.165, 1.54) is 22.9 Å². The van der Waals surface area contributed by atoms with E-state index < -0.39 is 20.6 Å². The number of hydrogen-bond donors (Lipinski definition) is 0. The van der Waals surface area contributed by atoms with Crippen molar-refractivity contribution in [3.8, 4) is 0 Å². The van der Waals surface area contributed by atoms with Crippen LogP contribution in [0.5, 0.6) is 0 Å². The highest BCUT2D eigenvalue weighted by Gasteiger charge is 2.20. The maximum Gasteiger partial charge on any atom is 0.147 e. The van der Waals surface area contributed by atoms with Gasteiger partial charge in [0, 0.05) is 16.9 Å². The maximum absolute atomic E-state index is 12.7. The molecule has 0 unspecified atom stereocenters. The van der Waals surface area contributed by atoms with Gasteiger partial charge < -0.3 is 0 Å². The minimum atomic E-state index is -3.03. The molecule has 0 bridgehead atoms. The summed E-state index contributed by atoms with van der Waals surface area (Å²) in [7, 11) is -4.19. The summed E-state index contributed by atoms with van der Waals surface area (Å²) in [5.41, 5.74) is 5.74. The van der Waals surface area contributed by atoms with Crippen molar-refractivity contribution in [3.05, 3.63) is 27.8 Å². The van der Waals surface area contributed by atoms with Gasteiger partial charge >= 0.3 is 0 Å². The summed E-state index contributed by atoms with van der Waals surface area (Å²) < 4.78 is 35.4. The smallest absolute Gasteiger partial charge is 0.147 e. The molecule has 1 aromatic carbocycles. The van der Waals surface area contributed by atoms with E-state index in [2.05, 4.69) is 20.8 Å². The molecule has 5 heteroatoms. The summed E-state index contributed by atoms with van der Waals surface area (Å²) >= 11 is 0. The zero-order valence-corrected chi connectivity index (χ0v) is 15.7. The van der Waals surface area contributed by atoms with E-state index in [9.17, 15) is 12.6 Å². The van der Waals surface area contributed by atoms with Crippen molar-refractivity contribution < 1.29 is 12.6 Å². The van der Waals surface area contributed by atoms with Crippen molar-refractivity contribution >= 4 is 20.6 Å². The Morgan fingerprint density at radius 2 is 1.29 bits per heavy atom. The quantitative estimate of drug-likeness (QED) is 0.834. The van der Waals surface area contributed by atoms with Gasteiger partial charge in [0.25, 0.3) is 0 Å². The lowest BCUT2D eigenvalue weighted by Crippen LogP contribution is -2.19. The molecule has 3 nitrogen and oxygen atoms in total. The molecule has 0 aliphatic carbocycles. The predicted octanol–water partition coefficient (Wildman–Crippen LogP) is 3.02. The van der Waals surface area contributed by atoms with Gasteiger partial charge in [-0.3, -0.25) is 4.21 Å². The summed E-state index contributed by atoms with van der Waals surface area (Å²) in [4.78, 5) is 0.885. The lowest BCUT2D eigenvalue weighted by molar-refractivity contribution is 0.588. The van der Waals surface area contributed by atoms with Gasteiger partial charge in [0.15, 0.2) is 0 Å². The normalized spacial score (nSPS) is 15.0. The predicted molar refractivity (Wildman–Crippen MR) is 90.3 cm³/mol. The lowest BCUT2D eigenvalue weighted by atomic mass is 9.95. The number of benzene rings is 1. The maximum atomic E-state index is 12.7. The third-order valence-corrected chi connectivity index (χ3v) is 7.30. The van der Waals surface area contributed by atoms with Crippen LogP contribution in [0.25, 0.3) is 0 Å². The zero-order valence-electron chi connectivity index (χ0n) is 14.0.